The normalized spacial score (nSPS) is 15.0. The van der Waals surface area contributed by atoms with E-state index in [2.05, 4.69) is 5.32 Å². The zero-order valence-electron chi connectivity index (χ0n) is 17.9. The molecule has 1 saturated heterocycles. The van der Waals surface area contributed by atoms with Crippen LogP contribution in [0, 0.1) is 0 Å². The summed E-state index contributed by atoms with van der Waals surface area (Å²) in [5, 5.41) is 2.82. The van der Waals surface area contributed by atoms with Crippen LogP contribution < -0.4 is 5.32 Å². The SMILES string of the molecule is CCN(CC)S(=O)(=O)c1ccc(C(=O)NC(CN2C(=O)COC2=O)c2ccccc2)cc1. The number of nitrogens with zero attached hydrogens (tertiary/aromatic N) is 2. The number of carbonyl (C=O) groups is 3. The Bertz CT molecular complexity index is 1070. The number of hydrogen-bond acceptors (Lipinski definition) is 6. The Balaban J connectivity index is 1.80. The van der Waals surface area contributed by atoms with E-state index in [0.717, 1.165) is 4.90 Å². The summed E-state index contributed by atoms with van der Waals surface area (Å²) in [7, 11) is -3.63. The quantitative estimate of drug-likeness (QED) is 0.615. The first-order chi connectivity index (χ1) is 15.3. The van der Waals surface area contributed by atoms with Gasteiger partial charge in [-0.05, 0) is 29.8 Å². The standard InChI is InChI=1S/C22H25N3O6S/c1-3-24(4-2)32(29,30)18-12-10-17(11-13-18)21(27)23-19(16-8-6-5-7-9-16)14-25-20(26)15-31-22(25)28/h5-13,19H,3-4,14-15H2,1-2H3,(H,23,27). The predicted molar refractivity (Wildman–Crippen MR) is 116 cm³/mol. The molecule has 9 nitrogen and oxygen atoms in total. The molecule has 1 fully saturated rings. The smallest absolute Gasteiger partial charge is 0.417 e. The third kappa shape index (κ3) is 4.97. The first-order valence-corrected chi connectivity index (χ1v) is 11.6. The van der Waals surface area contributed by atoms with Gasteiger partial charge in [-0.1, -0.05) is 44.2 Å². The fourth-order valence-electron chi connectivity index (χ4n) is 3.39. The molecule has 0 bridgehead atoms. The summed E-state index contributed by atoms with van der Waals surface area (Å²) >= 11 is 0. The Hall–Kier alpha value is -3.24. The van der Waals surface area contributed by atoms with Gasteiger partial charge in [0.05, 0.1) is 17.5 Å². The Labute approximate surface area is 187 Å². The molecule has 0 aromatic heterocycles. The van der Waals surface area contributed by atoms with Crippen LogP contribution in [-0.2, 0) is 19.6 Å². The molecule has 2 aromatic carbocycles. The van der Waals surface area contributed by atoms with Crippen LogP contribution >= 0.6 is 0 Å². The Morgan fingerprint density at radius 2 is 1.69 bits per heavy atom. The Kier molecular flexibility index (Phi) is 7.26. The number of amides is 3. The highest BCUT2D eigenvalue weighted by molar-refractivity contribution is 7.89. The molecule has 10 heteroatoms. The van der Waals surface area contributed by atoms with Crippen molar-refractivity contribution >= 4 is 27.9 Å². The molecule has 32 heavy (non-hydrogen) atoms. The van der Waals surface area contributed by atoms with Crippen molar-refractivity contribution in [3.05, 3.63) is 65.7 Å². The average Bonchev–Trinajstić information content (AvgIpc) is 3.12. The minimum atomic E-state index is -3.63. The number of nitrogens with one attached hydrogen (secondary N) is 1. The van der Waals surface area contributed by atoms with E-state index < -0.39 is 34.0 Å². The molecule has 1 atom stereocenters. The highest BCUT2D eigenvalue weighted by Gasteiger charge is 2.34. The lowest BCUT2D eigenvalue weighted by molar-refractivity contribution is -0.126. The second-order valence-corrected chi connectivity index (χ2v) is 9.05. The van der Waals surface area contributed by atoms with Crippen LogP contribution in [0.3, 0.4) is 0 Å². The molecular weight excluding hydrogens is 434 g/mol. The number of hydrogen-bond donors (Lipinski definition) is 1. The van der Waals surface area contributed by atoms with Gasteiger partial charge in [-0.15, -0.1) is 0 Å². The van der Waals surface area contributed by atoms with Crippen LogP contribution in [-0.4, -0.2) is 61.8 Å². The van der Waals surface area contributed by atoms with E-state index in [0.29, 0.717) is 18.7 Å². The predicted octanol–water partition coefficient (Wildman–Crippen LogP) is 2.17. The fraction of sp³-hybridized carbons (Fsp3) is 0.318. The lowest BCUT2D eigenvalue weighted by atomic mass is 10.1. The van der Waals surface area contributed by atoms with E-state index >= 15 is 0 Å². The number of cyclic esters (lactones) is 1. The van der Waals surface area contributed by atoms with E-state index in [4.69, 9.17) is 4.74 Å². The largest absolute Gasteiger partial charge is 0.439 e. The molecule has 3 rings (SSSR count). The van der Waals surface area contributed by atoms with Crippen molar-refractivity contribution in [2.45, 2.75) is 24.8 Å². The molecule has 1 unspecified atom stereocenters. The van der Waals surface area contributed by atoms with Crippen LogP contribution in [0.1, 0.15) is 35.8 Å². The highest BCUT2D eigenvalue weighted by Crippen LogP contribution is 2.20. The van der Waals surface area contributed by atoms with Crippen molar-refractivity contribution in [2.24, 2.45) is 0 Å². The van der Waals surface area contributed by atoms with Crippen LogP contribution in [0.15, 0.2) is 59.5 Å². The highest BCUT2D eigenvalue weighted by atomic mass is 32.2. The van der Waals surface area contributed by atoms with Gasteiger partial charge in [0.15, 0.2) is 6.61 Å². The number of carbonyl (C=O) groups excluding carboxylic acids is 3. The molecule has 3 amide bonds. The van der Waals surface area contributed by atoms with Crippen molar-refractivity contribution in [3.63, 3.8) is 0 Å². The van der Waals surface area contributed by atoms with Crippen molar-refractivity contribution in [3.8, 4) is 0 Å². The van der Waals surface area contributed by atoms with Gasteiger partial charge in [0.2, 0.25) is 10.0 Å². The molecule has 1 aliphatic rings. The maximum absolute atomic E-state index is 12.9. The van der Waals surface area contributed by atoms with E-state index in [1.54, 1.807) is 38.1 Å². The van der Waals surface area contributed by atoms with E-state index in [9.17, 15) is 22.8 Å². The minimum absolute atomic E-state index is 0.0815. The maximum atomic E-state index is 12.9. The van der Waals surface area contributed by atoms with Gasteiger partial charge in [-0.2, -0.15) is 4.31 Å². The lowest BCUT2D eigenvalue weighted by Crippen LogP contribution is -2.40. The molecular formula is C22H25N3O6S. The lowest BCUT2D eigenvalue weighted by Gasteiger charge is -2.23. The number of ether oxygens (including phenoxy) is 1. The Morgan fingerprint density at radius 1 is 1.06 bits per heavy atom. The number of rotatable bonds is 9. The summed E-state index contributed by atoms with van der Waals surface area (Å²) in [6.07, 6.45) is -0.754. The van der Waals surface area contributed by atoms with Crippen molar-refractivity contribution in [1.82, 2.24) is 14.5 Å². The monoisotopic (exact) mass is 459 g/mol. The number of imide groups is 1. The van der Waals surface area contributed by atoms with Crippen molar-refractivity contribution in [1.29, 1.82) is 0 Å². The molecule has 0 aliphatic carbocycles. The summed E-state index contributed by atoms with van der Waals surface area (Å²) < 4.78 is 31.4. The van der Waals surface area contributed by atoms with Gasteiger partial charge < -0.3 is 10.1 Å². The van der Waals surface area contributed by atoms with E-state index in [1.165, 1.54) is 28.6 Å². The van der Waals surface area contributed by atoms with Gasteiger partial charge in [0, 0.05) is 18.7 Å². The fourth-order valence-corrected chi connectivity index (χ4v) is 4.85. The summed E-state index contributed by atoms with van der Waals surface area (Å²) in [6, 6.07) is 13.9. The zero-order valence-corrected chi connectivity index (χ0v) is 18.7. The topological polar surface area (TPSA) is 113 Å². The van der Waals surface area contributed by atoms with E-state index in [-0.39, 0.29) is 23.6 Å². The van der Waals surface area contributed by atoms with Gasteiger partial charge >= 0.3 is 6.09 Å². The molecule has 1 aliphatic heterocycles. The van der Waals surface area contributed by atoms with Gasteiger partial charge in [0.1, 0.15) is 0 Å². The molecule has 170 valence electrons. The van der Waals surface area contributed by atoms with Gasteiger partial charge in [0.25, 0.3) is 11.8 Å². The maximum Gasteiger partial charge on any atom is 0.417 e. The van der Waals surface area contributed by atoms with Crippen LogP contribution in [0.5, 0.6) is 0 Å². The average molecular weight is 460 g/mol. The number of sulfonamides is 1. The van der Waals surface area contributed by atoms with Gasteiger partial charge in [-0.25, -0.2) is 18.1 Å². The molecule has 0 saturated carbocycles. The zero-order chi connectivity index (χ0) is 23.3. The molecule has 1 N–H and O–H groups in total. The van der Waals surface area contributed by atoms with Gasteiger partial charge in [-0.3, -0.25) is 9.59 Å². The third-order valence-electron chi connectivity index (χ3n) is 5.17. The molecule has 1 heterocycles. The molecule has 0 spiro atoms. The van der Waals surface area contributed by atoms with Crippen molar-refractivity contribution < 1.29 is 27.5 Å². The first-order valence-electron chi connectivity index (χ1n) is 10.2. The minimum Gasteiger partial charge on any atom is -0.439 e. The third-order valence-corrected chi connectivity index (χ3v) is 7.24. The van der Waals surface area contributed by atoms with Crippen LogP contribution in [0.4, 0.5) is 4.79 Å². The van der Waals surface area contributed by atoms with E-state index in [1.807, 2.05) is 6.07 Å². The molecule has 0 radical (unpaired) electrons. The Morgan fingerprint density at radius 3 is 2.22 bits per heavy atom. The molecule has 2 aromatic rings. The summed E-state index contributed by atoms with van der Waals surface area (Å²) in [4.78, 5) is 37.7. The van der Waals surface area contributed by atoms with Crippen LogP contribution in [0.2, 0.25) is 0 Å². The summed E-state index contributed by atoms with van der Waals surface area (Å²) in [5.41, 5.74) is 0.953. The summed E-state index contributed by atoms with van der Waals surface area (Å²) in [5.74, 6) is -0.943. The second kappa shape index (κ2) is 9.92. The summed E-state index contributed by atoms with van der Waals surface area (Å²) in [6.45, 7) is 3.80. The van der Waals surface area contributed by atoms with Crippen molar-refractivity contribution in [2.75, 3.05) is 26.2 Å². The second-order valence-electron chi connectivity index (χ2n) is 7.11. The first kappa shape index (κ1) is 23.4. The van der Waals surface area contributed by atoms with Crippen LogP contribution in [0.25, 0.3) is 0 Å². The number of benzene rings is 2.